The molecule has 0 aliphatic heterocycles. The fourth-order valence-corrected chi connectivity index (χ4v) is 2.64. The number of ether oxygens (including phenoxy) is 2. The first kappa shape index (κ1) is 16.0. The molecule has 0 aliphatic carbocycles. The maximum Gasteiger partial charge on any atom is 0.200 e. The van der Waals surface area contributed by atoms with Gasteiger partial charge in [-0.1, -0.05) is 17.3 Å². The zero-order chi connectivity index (χ0) is 17.9. The summed E-state index contributed by atoms with van der Waals surface area (Å²) in [6.07, 6.45) is 2.95. The molecule has 4 rings (SSSR count). The summed E-state index contributed by atoms with van der Waals surface area (Å²) in [6.45, 7) is 0.274. The van der Waals surface area contributed by atoms with E-state index in [1.807, 2.05) is 12.1 Å². The maximum atomic E-state index is 12.8. The van der Waals surface area contributed by atoms with Crippen LogP contribution in [0, 0.1) is 0 Å². The van der Waals surface area contributed by atoms with E-state index in [2.05, 4.69) is 5.16 Å². The van der Waals surface area contributed by atoms with Gasteiger partial charge in [0.2, 0.25) is 0 Å². The van der Waals surface area contributed by atoms with Crippen LogP contribution in [0.5, 0.6) is 11.5 Å². The van der Waals surface area contributed by atoms with Crippen molar-refractivity contribution in [1.82, 2.24) is 5.16 Å². The molecule has 0 saturated heterocycles. The molecular weight excluding hydrogens is 334 g/mol. The third kappa shape index (κ3) is 3.04. The fourth-order valence-electron chi connectivity index (χ4n) is 2.64. The lowest BCUT2D eigenvalue weighted by atomic mass is 10.1. The van der Waals surface area contributed by atoms with Crippen molar-refractivity contribution in [2.75, 3.05) is 7.11 Å². The Morgan fingerprint density at radius 1 is 1.04 bits per heavy atom. The third-order valence-corrected chi connectivity index (χ3v) is 4.03. The van der Waals surface area contributed by atoms with Gasteiger partial charge < -0.3 is 18.4 Å². The van der Waals surface area contributed by atoms with Crippen LogP contribution in [0.4, 0.5) is 0 Å². The predicted octanol–water partition coefficient (Wildman–Crippen LogP) is 4.04. The lowest BCUT2D eigenvalue weighted by Crippen LogP contribution is -2.05. The Kier molecular flexibility index (Phi) is 4.15. The van der Waals surface area contributed by atoms with E-state index in [0.717, 1.165) is 11.3 Å². The van der Waals surface area contributed by atoms with Gasteiger partial charge in [0.25, 0.3) is 0 Å². The molecule has 26 heavy (non-hydrogen) atoms. The van der Waals surface area contributed by atoms with Crippen LogP contribution < -0.4 is 14.9 Å². The number of methoxy groups -OCH3 is 1. The lowest BCUT2D eigenvalue weighted by Gasteiger charge is -2.07. The van der Waals surface area contributed by atoms with Gasteiger partial charge in [0.1, 0.15) is 41.9 Å². The highest BCUT2D eigenvalue weighted by Crippen LogP contribution is 2.24. The molecule has 2 aromatic carbocycles. The smallest absolute Gasteiger partial charge is 0.200 e. The van der Waals surface area contributed by atoms with Gasteiger partial charge in [0.05, 0.1) is 18.1 Å². The molecule has 130 valence electrons. The van der Waals surface area contributed by atoms with Gasteiger partial charge >= 0.3 is 0 Å². The summed E-state index contributed by atoms with van der Waals surface area (Å²) in [7, 11) is 1.60. The number of fused-ring (bicyclic) bond motifs is 1. The second kappa shape index (κ2) is 6.76. The van der Waals surface area contributed by atoms with Crippen molar-refractivity contribution in [3.63, 3.8) is 0 Å². The Labute approximate surface area is 148 Å². The van der Waals surface area contributed by atoms with Crippen LogP contribution in [-0.4, -0.2) is 12.3 Å². The molecule has 2 heterocycles. The first-order valence-corrected chi connectivity index (χ1v) is 7.96. The average molecular weight is 349 g/mol. The van der Waals surface area contributed by atoms with E-state index in [4.69, 9.17) is 18.4 Å². The number of benzene rings is 2. The van der Waals surface area contributed by atoms with Gasteiger partial charge in [-0.15, -0.1) is 0 Å². The molecule has 0 amide bonds. The van der Waals surface area contributed by atoms with Crippen LogP contribution >= 0.6 is 0 Å². The van der Waals surface area contributed by atoms with Gasteiger partial charge in [0, 0.05) is 12.1 Å². The minimum atomic E-state index is -0.0977. The van der Waals surface area contributed by atoms with E-state index < -0.39 is 0 Å². The summed E-state index contributed by atoms with van der Waals surface area (Å²) < 4.78 is 21.2. The van der Waals surface area contributed by atoms with E-state index in [0.29, 0.717) is 28.0 Å². The summed E-state index contributed by atoms with van der Waals surface area (Å²) in [6, 6.07) is 14.1. The van der Waals surface area contributed by atoms with Crippen molar-refractivity contribution in [3.05, 3.63) is 77.0 Å². The molecule has 6 nitrogen and oxygen atoms in total. The Morgan fingerprint density at radius 3 is 2.58 bits per heavy atom. The standard InChI is InChI=1S/C20H15NO5/c1-23-15-4-2-13(3-5-15)18-12-25-19-10-16(6-7-17(19)20(18)22)24-11-14-8-9-26-21-14/h2-10,12H,11H2,1H3. The summed E-state index contributed by atoms with van der Waals surface area (Å²) in [4.78, 5) is 12.8. The van der Waals surface area contributed by atoms with Gasteiger partial charge in [-0.05, 0) is 29.8 Å². The molecule has 0 N–H and O–H groups in total. The number of aromatic nitrogens is 1. The molecule has 0 radical (unpaired) electrons. The van der Waals surface area contributed by atoms with E-state index in [1.165, 1.54) is 12.5 Å². The SMILES string of the molecule is COc1ccc(-c2coc3cc(OCc4ccon4)ccc3c2=O)cc1. The zero-order valence-corrected chi connectivity index (χ0v) is 14.0. The predicted molar refractivity (Wildman–Crippen MR) is 95.3 cm³/mol. The van der Waals surface area contributed by atoms with Crippen molar-refractivity contribution in [1.29, 1.82) is 0 Å². The van der Waals surface area contributed by atoms with Crippen LogP contribution in [0.25, 0.3) is 22.1 Å². The summed E-state index contributed by atoms with van der Waals surface area (Å²) in [5.74, 6) is 1.31. The van der Waals surface area contributed by atoms with Crippen LogP contribution in [0.3, 0.4) is 0 Å². The van der Waals surface area contributed by atoms with Gasteiger partial charge in [-0.2, -0.15) is 0 Å². The number of hydrogen-bond acceptors (Lipinski definition) is 6. The van der Waals surface area contributed by atoms with Crippen molar-refractivity contribution < 1.29 is 18.4 Å². The van der Waals surface area contributed by atoms with Gasteiger partial charge in [-0.25, -0.2) is 0 Å². The normalized spacial score (nSPS) is 10.8. The zero-order valence-electron chi connectivity index (χ0n) is 14.0. The minimum Gasteiger partial charge on any atom is -0.497 e. The number of rotatable bonds is 5. The highest BCUT2D eigenvalue weighted by atomic mass is 16.5. The second-order valence-electron chi connectivity index (χ2n) is 5.64. The largest absolute Gasteiger partial charge is 0.497 e. The molecule has 6 heteroatoms. The van der Waals surface area contributed by atoms with Crippen LogP contribution in [-0.2, 0) is 6.61 Å². The van der Waals surface area contributed by atoms with Gasteiger partial charge in [0.15, 0.2) is 5.43 Å². The summed E-state index contributed by atoms with van der Waals surface area (Å²) in [5.41, 5.74) is 2.31. The highest BCUT2D eigenvalue weighted by molar-refractivity contribution is 5.82. The van der Waals surface area contributed by atoms with E-state index in [-0.39, 0.29) is 12.0 Å². The molecular formula is C20H15NO5. The number of nitrogens with zero attached hydrogens (tertiary/aromatic N) is 1. The monoisotopic (exact) mass is 349 g/mol. The molecule has 2 aromatic heterocycles. The molecule has 0 bridgehead atoms. The van der Waals surface area contributed by atoms with E-state index in [1.54, 1.807) is 43.5 Å². The van der Waals surface area contributed by atoms with E-state index in [9.17, 15) is 4.79 Å². The van der Waals surface area contributed by atoms with Crippen molar-refractivity contribution >= 4 is 11.0 Å². The molecule has 4 aromatic rings. The molecule has 0 fully saturated rings. The molecule has 0 unspecified atom stereocenters. The summed E-state index contributed by atoms with van der Waals surface area (Å²) in [5, 5.41) is 4.28. The van der Waals surface area contributed by atoms with Crippen molar-refractivity contribution in [2.45, 2.75) is 6.61 Å². The first-order valence-electron chi connectivity index (χ1n) is 7.96. The molecule has 0 spiro atoms. The molecule has 0 atom stereocenters. The fraction of sp³-hybridized carbons (Fsp3) is 0.100. The topological polar surface area (TPSA) is 74.7 Å². The van der Waals surface area contributed by atoms with Crippen LogP contribution in [0.2, 0.25) is 0 Å². The molecule has 0 saturated carbocycles. The van der Waals surface area contributed by atoms with Crippen molar-refractivity contribution in [3.8, 4) is 22.6 Å². The highest BCUT2D eigenvalue weighted by Gasteiger charge is 2.10. The average Bonchev–Trinajstić information content (AvgIpc) is 3.20. The Balaban J connectivity index is 1.65. The van der Waals surface area contributed by atoms with Gasteiger partial charge in [-0.3, -0.25) is 4.79 Å². The molecule has 0 aliphatic rings. The third-order valence-electron chi connectivity index (χ3n) is 4.03. The Bertz CT molecular complexity index is 1080. The van der Waals surface area contributed by atoms with E-state index >= 15 is 0 Å². The van der Waals surface area contributed by atoms with Crippen molar-refractivity contribution in [2.24, 2.45) is 0 Å². The maximum absolute atomic E-state index is 12.8. The first-order chi connectivity index (χ1) is 12.7. The quantitative estimate of drug-likeness (QED) is 0.541. The Morgan fingerprint density at radius 2 is 1.85 bits per heavy atom. The minimum absolute atomic E-state index is 0.0977. The van der Waals surface area contributed by atoms with Crippen LogP contribution in [0.1, 0.15) is 5.69 Å². The Hall–Kier alpha value is -3.54. The number of hydrogen-bond donors (Lipinski definition) is 0. The summed E-state index contributed by atoms with van der Waals surface area (Å²) >= 11 is 0. The second-order valence-corrected chi connectivity index (χ2v) is 5.64. The lowest BCUT2D eigenvalue weighted by molar-refractivity contribution is 0.289. The van der Waals surface area contributed by atoms with Crippen LogP contribution in [0.15, 0.2) is 74.8 Å².